The van der Waals surface area contributed by atoms with Gasteiger partial charge in [-0.1, -0.05) is 42.5 Å². The largest absolute Gasteiger partial charge is 0.496 e. The monoisotopic (exact) mass is 531 g/mol. The molecule has 3 aromatic carbocycles. The fraction of sp³-hybridized carbons (Fsp3) is 0.290. The van der Waals surface area contributed by atoms with Gasteiger partial charge in [0.25, 0.3) is 5.91 Å². The van der Waals surface area contributed by atoms with Gasteiger partial charge in [0.1, 0.15) is 18.1 Å². The van der Waals surface area contributed by atoms with E-state index < -0.39 is 0 Å². The van der Waals surface area contributed by atoms with E-state index in [1.165, 1.54) is 19.2 Å². The van der Waals surface area contributed by atoms with Crippen molar-refractivity contribution in [2.24, 2.45) is 0 Å². The van der Waals surface area contributed by atoms with Gasteiger partial charge in [-0.25, -0.2) is 4.39 Å². The Morgan fingerprint density at radius 1 is 0.897 bits per heavy atom. The number of para-hydroxylation sites is 2. The molecule has 8 heteroatoms. The molecule has 0 aliphatic carbocycles. The number of halogens is 1. The summed E-state index contributed by atoms with van der Waals surface area (Å²) in [5, 5.41) is 1.11. The summed E-state index contributed by atoms with van der Waals surface area (Å²) in [6.45, 7) is 1.45. The van der Waals surface area contributed by atoms with E-state index in [2.05, 4.69) is 11.1 Å². The fourth-order valence-electron chi connectivity index (χ4n) is 4.60. The molecule has 1 heterocycles. The lowest BCUT2D eigenvalue weighted by molar-refractivity contribution is -0.132. The van der Waals surface area contributed by atoms with Crippen molar-refractivity contribution in [3.8, 4) is 5.75 Å². The number of benzene rings is 3. The molecule has 0 spiro atoms. The fourth-order valence-corrected chi connectivity index (χ4v) is 4.60. The number of nitrogens with one attached hydrogen (secondary N) is 1. The number of methoxy groups -OCH3 is 2. The Balaban J connectivity index is 1.56. The van der Waals surface area contributed by atoms with Crippen LogP contribution in [0.15, 0.2) is 79.0 Å². The van der Waals surface area contributed by atoms with E-state index in [1.807, 2.05) is 24.4 Å². The lowest BCUT2D eigenvalue weighted by atomic mass is 10.1. The second-order valence-electron chi connectivity index (χ2n) is 9.32. The van der Waals surface area contributed by atoms with Crippen LogP contribution in [0.3, 0.4) is 0 Å². The number of carbonyl (C=O) groups is 2. The number of ether oxygens (including phenoxy) is 2. The zero-order chi connectivity index (χ0) is 27.6. The van der Waals surface area contributed by atoms with Crippen molar-refractivity contribution in [1.82, 2.24) is 14.8 Å². The van der Waals surface area contributed by atoms with Gasteiger partial charge in [-0.3, -0.25) is 9.59 Å². The normalized spacial score (nSPS) is 10.9. The number of aromatic nitrogens is 1. The van der Waals surface area contributed by atoms with Gasteiger partial charge in [-0.05, 0) is 54.3 Å². The van der Waals surface area contributed by atoms with E-state index in [0.29, 0.717) is 50.4 Å². The lowest BCUT2D eigenvalue weighted by Gasteiger charge is -2.28. The maximum absolute atomic E-state index is 13.8. The highest BCUT2D eigenvalue weighted by atomic mass is 19.1. The minimum atomic E-state index is -0.331. The number of H-pyrrole nitrogens is 1. The van der Waals surface area contributed by atoms with Gasteiger partial charge in [0.2, 0.25) is 5.91 Å². The highest BCUT2D eigenvalue weighted by Crippen LogP contribution is 2.21. The number of nitrogens with zero attached hydrogens (tertiary/aromatic N) is 2. The van der Waals surface area contributed by atoms with E-state index in [0.717, 1.165) is 22.0 Å². The molecule has 0 saturated carbocycles. The summed E-state index contributed by atoms with van der Waals surface area (Å²) < 4.78 is 24.1. The molecule has 0 aliphatic rings. The van der Waals surface area contributed by atoms with Gasteiger partial charge in [0.15, 0.2) is 0 Å². The van der Waals surface area contributed by atoms with Crippen LogP contribution >= 0.6 is 0 Å². The molecule has 4 aromatic rings. The van der Waals surface area contributed by atoms with E-state index >= 15 is 0 Å². The molecule has 7 nitrogen and oxygen atoms in total. The molecule has 39 heavy (non-hydrogen) atoms. The van der Waals surface area contributed by atoms with Gasteiger partial charge >= 0.3 is 0 Å². The summed E-state index contributed by atoms with van der Waals surface area (Å²) in [4.78, 5) is 33.9. The van der Waals surface area contributed by atoms with Gasteiger partial charge in [0.05, 0.1) is 12.7 Å². The third-order valence-corrected chi connectivity index (χ3v) is 6.69. The van der Waals surface area contributed by atoms with Gasteiger partial charge in [-0.15, -0.1) is 0 Å². The molecular weight excluding hydrogens is 497 g/mol. The van der Waals surface area contributed by atoms with Crippen LogP contribution in [-0.4, -0.2) is 67.1 Å². The van der Waals surface area contributed by atoms with Crippen LogP contribution in [0.1, 0.15) is 27.9 Å². The first kappa shape index (κ1) is 27.9. The smallest absolute Gasteiger partial charge is 0.258 e. The number of aromatic amines is 1. The van der Waals surface area contributed by atoms with E-state index in [9.17, 15) is 14.0 Å². The predicted molar refractivity (Wildman–Crippen MR) is 149 cm³/mol. The van der Waals surface area contributed by atoms with Crippen molar-refractivity contribution in [1.29, 1.82) is 0 Å². The molecular formula is C31H34FN3O4. The van der Waals surface area contributed by atoms with Crippen LogP contribution in [0.25, 0.3) is 10.9 Å². The van der Waals surface area contributed by atoms with Crippen molar-refractivity contribution >= 4 is 22.7 Å². The summed E-state index contributed by atoms with van der Waals surface area (Å²) in [5.74, 6) is -0.355. The molecule has 4 rings (SSSR count). The first-order valence-corrected chi connectivity index (χ1v) is 13.0. The quantitative estimate of drug-likeness (QED) is 0.245. The van der Waals surface area contributed by atoms with Crippen LogP contribution < -0.4 is 4.74 Å². The van der Waals surface area contributed by atoms with E-state index in [-0.39, 0.29) is 24.2 Å². The van der Waals surface area contributed by atoms with Crippen molar-refractivity contribution in [3.63, 3.8) is 0 Å². The highest BCUT2D eigenvalue weighted by molar-refractivity contribution is 5.98. The first-order valence-electron chi connectivity index (χ1n) is 13.0. The summed E-state index contributed by atoms with van der Waals surface area (Å²) in [6, 6.07) is 21.2. The average Bonchev–Trinajstić information content (AvgIpc) is 3.38. The SMILES string of the molecule is COCCCN(CC(=O)N(CCc1c[nH]c2ccccc12)Cc1ccc(F)cc1)C(=O)c1ccccc1OC. The Morgan fingerprint density at radius 3 is 2.41 bits per heavy atom. The first-order chi connectivity index (χ1) is 19.0. The van der Waals surface area contributed by atoms with Crippen molar-refractivity contribution in [2.75, 3.05) is 40.5 Å². The number of rotatable bonds is 13. The van der Waals surface area contributed by atoms with Gasteiger partial charge in [0, 0.05) is 50.5 Å². The highest BCUT2D eigenvalue weighted by Gasteiger charge is 2.24. The molecule has 0 atom stereocenters. The Bertz CT molecular complexity index is 1390. The Hall–Kier alpha value is -4.17. The Kier molecular flexibility index (Phi) is 9.69. The summed E-state index contributed by atoms with van der Waals surface area (Å²) in [6.07, 6.45) is 3.17. The van der Waals surface area contributed by atoms with Crippen LogP contribution in [0, 0.1) is 5.82 Å². The lowest BCUT2D eigenvalue weighted by Crippen LogP contribution is -2.44. The minimum Gasteiger partial charge on any atom is -0.496 e. The number of carbonyl (C=O) groups excluding carboxylic acids is 2. The van der Waals surface area contributed by atoms with E-state index in [4.69, 9.17) is 9.47 Å². The number of fused-ring (bicyclic) bond motifs is 1. The third kappa shape index (κ3) is 7.23. The maximum Gasteiger partial charge on any atom is 0.258 e. The molecule has 0 unspecified atom stereocenters. The molecule has 1 aromatic heterocycles. The van der Waals surface area contributed by atoms with Gasteiger partial charge < -0.3 is 24.3 Å². The minimum absolute atomic E-state index is 0.102. The second-order valence-corrected chi connectivity index (χ2v) is 9.32. The van der Waals surface area contributed by atoms with Gasteiger partial charge in [-0.2, -0.15) is 0 Å². The molecule has 0 bridgehead atoms. The van der Waals surface area contributed by atoms with Crippen molar-refractivity contribution < 1.29 is 23.5 Å². The summed E-state index contributed by atoms with van der Waals surface area (Å²) in [7, 11) is 3.12. The average molecular weight is 532 g/mol. The number of amides is 2. The molecule has 0 aliphatic heterocycles. The van der Waals surface area contributed by atoms with Crippen LogP contribution in [0.4, 0.5) is 4.39 Å². The van der Waals surface area contributed by atoms with Crippen LogP contribution in [0.2, 0.25) is 0 Å². The molecule has 2 amide bonds. The molecule has 0 radical (unpaired) electrons. The zero-order valence-electron chi connectivity index (χ0n) is 22.4. The Morgan fingerprint density at radius 2 is 1.64 bits per heavy atom. The summed E-state index contributed by atoms with van der Waals surface area (Å²) in [5.41, 5.74) is 3.35. The van der Waals surface area contributed by atoms with Crippen molar-refractivity contribution in [3.05, 3.63) is 102 Å². The van der Waals surface area contributed by atoms with Crippen LogP contribution in [-0.2, 0) is 22.5 Å². The number of hydrogen-bond acceptors (Lipinski definition) is 4. The zero-order valence-corrected chi connectivity index (χ0v) is 22.4. The predicted octanol–water partition coefficient (Wildman–Crippen LogP) is 5.07. The molecule has 0 saturated heterocycles. The molecule has 204 valence electrons. The number of hydrogen-bond donors (Lipinski definition) is 1. The van der Waals surface area contributed by atoms with Crippen LogP contribution in [0.5, 0.6) is 5.75 Å². The second kappa shape index (κ2) is 13.6. The standard InChI is InChI=1S/C31H34FN3O4/c1-38-19-7-17-35(31(37)27-9-4-6-11-29(27)39-2)22-30(36)34(21-23-12-14-25(32)15-13-23)18-16-24-20-33-28-10-5-3-8-26(24)28/h3-6,8-15,20,33H,7,16-19,21-22H2,1-2H3. The summed E-state index contributed by atoms with van der Waals surface area (Å²) >= 11 is 0. The molecule has 0 fully saturated rings. The topological polar surface area (TPSA) is 74.9 Å². The molecule has 1 N–H and O–H groups in total. The van der Waals surface area contributed by atoms with E-state index in [1.54, 1.807) is 53.3 Å². The maximum atomic E-state index is 13.8. The van der Waals surface area contributed by atoms with Crippen molar-refractivity contribution in [2.45, 2.75) is 19.4 Å². The third-order valence-electron chi connectivity index (χ3n) is 6.69. The Labute approximate surface area is 228 Å².